The van der Waals surface area contributed by atoms with Gasteiger partial charge in [0.2, 0.25) is 5.91 Å². The van der Waals surface area contributed by atoms with E-state index in [0.29, 0.717) is 23.8 Å². The number of carbonyl (C=O) groups is 2. The molecule has 0 atom stereocenters. The van der Waals surface area contributed by atoms with Crippen molar-refractivity contribution in [1.82, 2.24) is 10.9 Å². The molecule has 3 N–H and O–H groups in total. The summed E-state index contributed by atoms with van der Waals surface area (Å²) in [6, 6.07) is 12.0. The quantitative estimate of drug-likeness (QED) is 0.540. The summed E-state index contributed by atoms with van der Waals surface area (Å²) in [4.78, 5) is 24.3. The second-order valence-electron chi connectivity index (χ2n) is 7.55. The molecule has 0 aliphatic heterocycles. The topological polar surface area (TPSA) is 114 Å². The maximum absolute atomic E-state index is 12.7. The van der Waals surface area contributed by atoms with Gasteiger partial charge in [-0.3, -0.25) is 25.2 Å². The van der Waals surface area contributed by atoms with Gasteiger partial charge in [0.15, 0.2) is 0 Å². The zero-order chi connectivity index (χ0) is 22.3. The number of hydrazine groups is 1. The Morgan fingerprint density at radius 1 is 1.03 bits per heavy atom. The van der Waals surface area contributed by atoms with Gasteiger partial charge in [0.1, 0.15) is 5.75 Å². The molecule has 0 spiro atoms. The van der Waals surface area contributed by atoms with E-state index in [1.807, 2.05) is 0 Å². The lowest BCUT2D eigenvalue weighted by atomic mass is 10.0. The van der Waals surface area contributed by atoms with Gasteiger partial charge in [0.05, 0.1) is 12.0 Å². The minimum absolute atomic E-state index is 0.0662. The van der Waals surface area contributed by atoms with Crippen LogP contribution in [0.25, 0.3) is 0 Å². The summed E-state index contributed by atoms with van der Waals surface area (Å²) in [7, 11) is -2.37. The van der Waals surface area contributed by atoms with Gasteiger partial charge in [-0.2, -0.15) is 0 Å². The van der Waals surface area contributed by atoms with Crippen LogP contribution in [0.4, 0.5) is 5.69 Å². The third-order valence-corrected chi connectivity index (χ3v) is 6.70. The molecule has 2 amide bonds. The maximum atomic E-state index is 12.7. The van der Waals surface area contributed by atoms with Crippen molar-refractivity contribution in [2.45, 2.75) is 43.4 Å². The number of anilines is 1. The van der Waals surface area contributed by atoms with E-state index in [-0.39, 0.29) is 16.4 Å². The first-order valence-corrected chi connectivity index (χ1v) is 11.7. The number of ether oxygens (including phenoxy) is 1. The van der Waals surface area contributed by atoms with Crippen LogP contribution in [-0.2, 0) is 14.8 Å². The van der Waals surface area contributed by atoms with E-state index in [2.05, 4.69) is 15.6 Å². The van der Waals surface area contributed by atoms with Crippen LogP contribution in [0.2, 0.25) is 0 Å². The highest BCUT2D eigenvalue weighted by Crippen LogP contribution is 2.28. The summed E-state index contributed by atoms with van der Waals surface area (Å²) in [5.41, 5.74) is 5.23. The third kappa shape index (κ3) is 6.45. The number of benzene rings is 2. The number of methoxy groups -OCH3 is 1. The van der Waals surface area contributed by atoms with Crippen molar-refractivity contribution in [3.8, 4) is 5.75 Å². The monoisotopic (exact) mass is 445 g/mol. The molecule has 2 aromatic rings. The molecule has 166 valence electrons. The van der Waals surface area contributed by atoms with Crippen LogP contribution in [0.15, 0.2) is 53.4 Å². The predicted octanol–water partition coefficient (Wildman–Crippen LogP) is 3.23. The summed E-state index contributed by atoms with van der Waals surface area (Å²) in [6.45, 7) is 0. The average molecular weight is 446 g/mol. The molecule has 0 unspecified atom stereocenters. The first-order chi connectivity index (χ1) is 14.9. The SMILES string of the molecule is COc1ccc(NS(=O)(=O)c2cccc(C(=O)NNC(=O)CCC3CCCC3)c2)cc1. The standard InChI is InChI=1S/C22H27N3O5S/c1-30-19-12-10-18(11-13-19)25-31(28,29)20-8-4-7-17(15-20)22(27)24-23-21(26)14-9-16-5-2-3-6-16/h4,7-8,10-13,15-16,25H,2-3,5-6,9,14H2,1H3,(H,23,26)(H,24,27). The molecule has 8 nitrogen and oxygen atoms in total. The van der Waals surface area contributed by atoms with Crippen LogP contribution in [-0.4, -0.2) is 27.3 Å². The Balaban J connectivity index is 1.57. The number of carbonyl (C=O) groups excluding carboxylic acids is 2. The predicted molar refractivity (Wildman–Crippen MR) is 117 cm³/mol. The number of amides is 2. The molecule has 0 heterocycles. The van der Waals surface area contributed by atoms with Crippen LogP contribution < -0.4 is 20.3 Å². The highest BCUT2D eigenvalue weighted by atomic mass is 32.2. The van der Waals surface area contributed by atoms with E-state index < -0.39 is 15.9 Å². The molecule has 0 aromatic heterocycles. The number of hydrogen-bond acceptors (Lipinski definition) is 5. The molecule has 0 bridgehead atoms. The van der Waals surface area contributed by atoms with Gasteiger partial charge < -0.3 is 4.74 Å². The van der Waals surface area contributed by atoms with Crippen LogP contribution in [0.3, 0.4) is 0 Å². The number of rotatable bonds is 8. The second-order valence-corrected chi connectivity index (χ2v) is 9.24. The molecule has 2 aromatic carbocycles. The second kappa shape index (κ2) is 10.3. The summed E-state index contributed by atoms with van der Waals surface area (Å²) >= 11 is 0. The third-order valence-electron chi connectivity index (χ3n) is 5.32. The first-order valence-electron chi connectivity index (χ1n) is 10.2. The van der Waals surface area contributed by atoms with Crippen molar-refractivity contribution in [2.24, 2.45) is 5.92 Å². The van der Waals surface area contributed by atoms with Crippen molar-refractivity contribution < 1.29 is 22.7 Å². The van der Waals surface area contributed by atoms with Crippen molar-refractivity contribution in [2.75, 3.05) is 11.8 Å². The van der Waals surface area contributed by atoms with Crippen LogP contribution >= 0.6 is 0 Å². The van der Waals surface area contributed by atoms with Gasteiger partial charge in [0, 0.05) is 17.7 Å². The van der Waals surface area contributed by atoms with Crippen LogP contribution in [0.5, 0.6) is 5.75 Å². The van der Waals surface area contributed by atoms with Crippen molar-refractivity contribution in [1.29, 1.82) is 0 Å². The van der Waals surface area contributed by atoms with Gasteiger partial charge in [0.25, 0.3) is 15.9 Å². The highest BCUT2D eigenvalue weighted by molar-refractivity contribution is 7.92. The largest absolute Gasteiger partial charge is 0.497 e. The van der Waals surface area contributed by atoms with Crippen LogP contribution in [0.1, 0.15) is 48.9 Å². The Bertz CT molecular complexity index is 1020. The molecular formula is C22H27N3O5S. The van der Waals surface area contributed by atoms with Gasteiger partial charge in [-0.05, 0) is 54.8 Å². The molecule has 1 aliphatic carbocycles. The normalized spacial score (nSPS) is 14.1. The van der Waals surface area contributed by atoms with Crippen molar-refractivity contribution in [3.05, 3.63) is 54.1 Å². The maximum Gasteiger partial charge on any atom is 0.269 e. The van der Waals surface area contributed by atoms with E-state index in [9.17, 15) is 18.0 Å². The molecule has 1 saturated carbocycles. The fourth-order valence-electron chi connectivity index (χ4n) is 3.57. The highest BCUT2D eigenvalue weighted by Gasteiger charge is 2.18. The zero-order valence-electron chi connectivity index (χ0n) is 17.4. The molecule has 3 rings (SSSR count). The molecule has 9 heteroatoms. The van der Waals surface area contributed by atoms with Crippen molar-refractivity contribution in [3.63, 3.8) is 0 Å². The smallest absolute Gasteiger partial charge is 0.269 e. The molecule has 31 heavy (non-hydrogen) atoms. The lowest BCUT2D eigenvalue weighted by molar-refractivity contribution is -0.122. The zero-order valence-corrected chi connectivity index (χ0v) is 18.2. The van der Waals surface area contributed by atoms with E-state index >= 15 is 0 Å². The molecule has 0 radical (unpaired) electrons. The van der Waals surface area contributed by atoms with Crippen molar-refractivity contribution >= 4 is 27.5 Å². The first kappa shape index (κ1) is 22.6. The summed E-state index contributed by atoms with van der Waals surface area (Å²) < 4.78 is 32.8. The summed E-state index contributed by atoms with van der Waals surface area (Å²) in [5, 5.41) is 0. The lowest BCUT2D eigenvalue weighted by Crippen LogP contribution is -2.41. The Morgan fingerprint density at radius 3 is 2.42 bits per heavy atom. The van der Waals surface area contributed by atoms with Gasteiger partial charge >= 0.3 is 0 Å². The van der Waals surface area contributed by atoms with Gasteiger partial charge in [-0.15, -0.1) is 0 Å². The molecule has 0 saturated heterocycles. The molecular weight excluding hydrogens is 418 g/mol. The fraction of sp³-hybridized carbons (Fsp3) is 0.364. The Labute approximate surface area is 182 Å². The van der Waals surface area contributed by atoms with E-state index in [4.69, 9.17) is 4.74 Å². The van der Waals surface area contributed by atoms with Gasteiger partial charge in [-0.25, -0.2) is 8.42 Å². The van der Waals surface area contributed by atoms with Gasteiger partial charge in [-0.1, -0.05) is 31.7 Å². The Kier molecular flexibility index (Phi) is 7.51. The Hall–Kier alpha value is -3.07. The average Bonchev–Trinajstić information content (AvgIpc) is 3.30. The van der Waals surface area contributed by atoms with E-state index in [1.165, 1.54) is 44.2 Å². The summed E-state index contributed by atoms with van der Waals surface area (Å²) in [6.07, 6.45) is 5.92. The van der Waals surface area contributed by atoms with E-state index in [1.54, 1.807) is 24.3 Å². The number of sulfonamides is 1. The number of hydrogen-bond donors (Lipinski definition) is 3. The fourth-order valence-corrected chi connectivity index (χ4v) is 4.68. The molecule has 1 fully saturated rings. The van der Waals surface area contributed by atoms with E-state index in [0.717, 1.165) is 19.3 Å². The molecule has 1 aliphatic rings. The summed E-state index contributed by atoms with van der Waals surface area (Å²) in [5.74, 6) is 0.342. The minimum atomic E-state index is -3.90. The Morgan fingerprint density at radius 2 is 1.74 bits per heavy atom. The minimum Gasteiger partial charge on any atom is -0.497 e. The van der Waals surface area contributed by atoms with Crippen LogP contribution in [0, 0.1) is 5.92 Å². The lowest BCUT2D eigenvalue weighted by Gasteiger charge is -2.11. The number of nitrogens with one attached hydrogen (secondary N) is 3.